The Balaban J connectivity index is 2.29. The number of hydrogen-bond donors (Lipinski definition) is 1. The monoisotopic (exact) mass is 251 g/mol. The molecule has 1 atom stereocenters. The fourth-order valence-electron chi connectivity index (χ4n) is 1.86. The number of nitrogens with zero attached hydrogens (tertiary/aromatic N) is 1. The van der Waals surface area contributed by atoms with E-state index in [2.05, 4.69) is 0 Å². The standard InChI is InChI=1S/C12H13NO3S/c14-6-10(9-4-2-1-3-5-9)13-11(15)7-17-8-12(13)16/h1-5,10,14H,6-8H2/t10-/m1/s1. The quantitative estimate of drug-likeness (QED) is 0.808. The van der Waals surface area contributed by atoms with Gasteiger partial charge >= 0.3 is 0 Å². The molecular formula is C12H13NO3S. The number of thioether (sulfide) groups is 1. The van der Waals surface area contributed by atoms with Gasteiger partial charge in [-0.3, -0.25) is 14.5 Å². The number of rotatable bonds is 3. The molecule has 17 heavy (non-hydrogen) atoms. The van der Waals surface area contributed by atoms with E-state index in [4.69, 9.17) is 0 Å². The summed E-state index contributed by atoms with van der Waals surface area (Å²) in [5.74, 6) is 0.146. The summed E-state index contributed by atoms with van der Waals surface area (Å²) in [7, 11) is 0. The fourth-order valence-corrected chi connectivity index (χ4v) is 2.59. The predicted molar refractivity (Wildman–Crippen MR) is 65.4 cm³/mol. The van der Waals surface area contributed by atoms with Gasteiger partial charge in [-0.15, -0.1) is 11.8 Å². The molecule has 1 aromatic rings. The van der Waals surface area contributed by atoms with Crippen molar-refractivity contribution in [3.8, 4) is 0 Å². The second kappa shape index (κ2) is 5.33. The van der Waals surface area contributed by atoms with Crippen molar-refractivity contribution in [1.29, 1.82) is 0 Å². The number of imide groups is 1. The molecule has 0 saturated carbocycles. The van der Waals surface area contributed by atoms with Crippen LogP contribution in [0, 0.1) is 0 Å². The Morgan fingerprint density at radius 3 is 2.29 bits per heavy atom. The lowest BCUT2D eigenvalue weighted by Gasteiger charge is -2.31. The van der Waals surface area contributed by atoms with E-state index in [0.29, 0.717) is 11.5 Å². The van der Waals surface area contributed by atoms with Crippen molar-refractivity contribution in [1.82, 2.24) is 4.90 Å². The molecule has 90 valence electrons. The zero-order chi connectivity index (χ0) is 12.3. The summed E-state index contributed by atoms with van der Waals surface area (Å²) >= 11 is 1.32. The SMILES string of the molecule is O=C1CSCC(=O)N1[C@H](CO)c1ccccc1. The number of carbonyl (C=O) groups excluding carboxylic acids is 2. The Hall–Kier alpha value is -1.33. The van der Waals surface area contributed by atoms with Crippen molar-refractivity contribution in [3.63, 3.8) is 0 Å². The molecular weight excluding hydrogens is 238 g/mol. The van der Waals surface area contributed by atoms with Crippen molar-refractivity contribution in [2.45, 2.75) is 6.04 Å². The lowest BCUT2D eigenvalue weighted by molar-refractivity contribution is -0.146. The van der Waals surface area contributed by atoms with Crippen LogP contribution in [0.2, 0.25) is 0 Å². The van der Waals surface area contributed by atoms with Crippen LogP contribution in [0.15, 0.2) is 30.3 Å². The van der Waals surface area contributed by atoms with Crippen molar-refractivity contribution >= 4 is 23.6 Å². The molecule has 1 aromatic carbocycles. The van der Waals surface area contributed by atoms with Crippen molar-refractivity contribution in [3.05, 3.63) is 35.9 Å². The number of carbonyl (C=O) groups is 2. The van der Waals surface area contributed by atoms with Crippen LogP contribution in [0.1, 0.15) is 11.6 Å². The summed E-state index contributed by atoms with van der Waals surface area (Å²) in [4.78, 5) is 24.7. The van der Waals surface area contributed by atoms with Crippen molar-refractivity contribution < 1.29 is 14.7 Å². The molecule has 5 heteroatoms. The minimum atomic E-state index is -0.558. The van der Waals surface area contributed by atoms with Crippen LogP contribution in [-0.4, -0.2) is 39.9 Å². The van der Waals surface area contributed by atoms with Gasteiger partial charge in [-0.1, -0.05) is 30.3 Å². The molecule has 1 aliphatic rings. The summed E-state index contributed by atoms with van der Waals surface area (Å²) < 4.78 is 0. The van der Waals surface area contributed by atoms with Crippen LogP contribution < -0.4 is 0 Å². The highest BCUT2D eigenvalue weighted by Crippen LogP contribution is 2.25. The van der Waals surface area contributed by atoms with Crippen molar-refractivity contribution in [2.24, 2.45) is 0 Å². The molecule has 1 heterocycles. The van der Waals surface area contributed by atoms with Crippen LogP contribution in [-0.2, 0) is 9.59 Å². The third-order valence-corrected chi connectivity index (χ3v) is 3.56. The first-order chi connectivity index (χ1) is 8.24. The highest BCUT2D eigenvalue weighted by atomic mass is 32.2. The highest BCUT2D eigenvalue weighted by molar-refractivity contribution is 8.00. The van der Waals surface area contributed by atoms with Crippen LogP contribution in [0.25, 0.3) is 0 Å². The maximum absolute atomic E-state index is 11.8. The normalized spacial score (nSPS) is 18.3. The molecule has 1 saturated heterocycles. The van der Waals surface area contributed by atoms with E-state index >= 15 is 0 Å². The van der Waals surface area contributed by atoms with Crippen LogP contribution in [0.4, 0.5) is 0 Å². The molecule has 1 fully saturated rings. The average molecular weight is 251 g/mol. The number of hydrogen-bond acceptors (Lipinski definition) is 4. The van der Waals surface area contributed by atoms with Gasteiger partial charge in [-0.2, -0.15) is 0 Å². The van der Waals surface area contributed by atoms with Gasteiger partial charge in [-0.05, 0) is 5.56 Å². The Morgan fingerprint density at radius 1 is 1.18 bits per heavy atom. The third kappa shape index (κ3) is 2.50. The largest absolute Gasteiger partial charge is 0.394 e. The Labute approximate surface area is 104 Å². The Bertz CT molecular complexity index is 405. The summed E-state index contributed by atoms with van der Waals surface area (Å²) in [5.41, 5.74) is 0.781. The van der Waals surface area contributed by atoms with Gasteiger partial charge < -0.3 is 5.11 Å². The first-order valence-corrected chi connectivity index (χ1v) is 6.48. The summed E-state index contributed by atoms with van der Waals surface area (Å²) in [6.45, 7) is -0.244. The van der Waals surface area contributed by atoms with E-state index in [1.54, 1.807) is 0 Å². The van der Waals surface area contributed by atoms with E-state index in [9.17, 15) is 14.7 Å². The predicted octanol–water partition coefficient (Wildman–Crippen LogP) is 0.822. The lowest BCUT2D eigenvalue weighted by Crippen LogP contribution is -2.46. The zero-order valence-corrected chi connectivity index (χ0v) is 10.0. The van der Waals surface area contributed by atoms with Crippen LogP contribution in [0.3, 0.4) is 0 Å². The molecule has 2 amide bonds. The number of aliphatic hydroxyl groups excluding tert-OH is 1. The third-order valence-electron chi connectivity index (χ3n) is 2.66. The van der Waals surface area contributed by atoms with Gasteiger partial charge in [0.15, 0.2) is 0 Å². The second-order valence-corrected chi connectivity index (χ2v) is 4.74. The van der Waals surface area contributed by atoms with Gasteiger partial charge in [-0.25, -0.2) is 0 Å². The number of benzene rings is 1. The van der Waals surface area contributed by atoms with E-state index in [1.807, 2.05) is 30.3 Å². The number of aliphatic hydroxyl groups is 1. The van der Waals surface area contributed by atoms with E-state index < -0.39 is 6.04 Å². The first kappa shape index (κ1) is 12.1. The maximum atomic E-state index is 11.8. The molecule has 0 unspecified atom stereocenters. The molecule has 0 bridgehead atoms. The minimum Gasteiger partial charge on any atom is -0.394 e. The van der Waals surface area contributed by atoms with Gasteiger partial charge in [0.25, 0.3) is 0 Å². The molecule has 0 radical (unpaired) electrons. The van der Waals surface area contributed by atoms with Gasteiger partial charge in [0.05, 0.1) is 24.2 Å². The molecule has 4 nitrogen and oxygen atoms in total. The summed E-state index contributed by atoms with van der Waals surface area (Å²) in [6.07, 6.45) is 0. The molecule has 0 spiro atoms. The van der Waals surface area contributed by atoms with Gasteiger partial charge in [0.1, 0.15) is 0 Å². The lowest BCUT2D eigenvalue weighted by atomic mass is 10.1. The minimum absolute atomic E-state index is 0.228. The van der Waals surface area contributed by atoms with E-state index in [-0.39, 0.29) is 18.4 Å². The van der Waals surface area contributed by atoms with Gasteiger partial charge in [0, 0.05) is 0 Å². The topological polar surface area (TPSA) is 57.6 Å². The molecule has 1 aliphatic heterocycles. The molecule has 2 rings (SSSR count). The van der Waals surface area contributed by atoms with Crippen molar-refractivity contribution in [2.75, 3.05) is 18.1 Å². The second-order valence-electron chi connectivity index (χ2n) is 3.76. The smallest absolute Gasteiger partial charge is 0.239 e. The fraction of sp³-hybridized carbons (Fsp3) is 0.333. The van der Waals surface area contributed by atoms with E-state index in [0.717, 1.165) is 5.56 Å². The molecule has 0 aromatic heterocycles. The maximum Gasteiger partial charge on any atom is 0.239 e. The van der Waals surface area contributed by atoms with Crippen LogP contribution in [0.5, 0.6) is 0 Å². The van der Waals surface area contributed by atoms with Gasteiger partial charge in [0.2, 0.25) is 11.8 Å². The Kier molecular flexibility index (Phi) is 3.81. The summed E-state index contributed by atoms with van der Waals surface area (Å²) in [6, 6.07) is 8.56. The molecule has 1 N–H and O–H groups in total. The average Bonchev–Trinajstić information content (AvgIpc) is 2.35. The molecule has 0 aliphatic carbocycles. The zero-order valence-electron chi connectivity index (χ0n) is 9.20. The Morgan fingerprint density at radius 2 is 1.76 bits per heavy atom. The summed E-state index contributed by atoms with van der Waals surface area (Å²) in [5, 5.41) is 9.41. The van der Waals surface area contributed by atoms with E-state index in [1.165, 1.54) is 16.7 Å². The highest BCUT2D eigenvalue weighted by Gasteiger charge is 2.33. The first-order valence-electron chi connectivity index (χ1n) is 5.32. The number of amides is 2. The van der Waals surface area contributed by atoms with Crippen LogP contribution >= 0.6 is 11.8 Å².